The van der Waals surface area contributed by atoms with E-state index in [1.165, 1.54) is 4.90 Å². The normalized spacial score (nSPS) is 19.2. The van der Waals surface area contributed by atoms with Crippen molar-refractivity contribution in [3.05, 3.63) is 29.3 Å². The third kappa shape index (κ3) is 3.67. The van der Waals surface area contributed by atoms with Gasteiger partial charge in [-0.3, -0.25) is 14.5 Å². The molecule has 0 bridgehead atoms. The molecule has 134 valence electrons. The molecule has 2 N–H and O–H groups in total. The number of amides is 4. The zero-order valence-electron chi connectivity index (χ0n) is 14.9. The quantitative estimate of drug-likeness (QED) is 0.825. The molecule has 0 unspecified atom stereocenters. The van der Waals surface area contributed by atoms with Gasteiger partial charge in [0.05, 0.1) is 0 Å². The van der Waals surface area contributed by atoms with Crippen molar-refractivity contribution in [1.29, 1.82) is 0 Å². The van der Waals surface area contributed by atoms with Gasteiger partial charge in [0.2, 0.25) is 5.91 Å². The summed E-state index contributed by atoms with van der Waals surface area (Å²) in [5.41, 5.74) is 2.16. The van der Waals surface area contributed by atoms with E-state index in [2.05, 4.69) is 10.6 Å². The monoisotopic (exact) mass is 343 g/mol. The first kappa shape index (κ1) is 17.5. The van der Waals surface area contributed by atoms with Crippen molar-refractivity contribution in [2.45, 2.75) is 57.9 Å². The van der Waals surface area contributed by atoms with Gasteiger partial charge < -0.3 is 10.6 Å². The number of hydrogen-bond donors (Lipinski definition) is 2. The van der Waals surface area contributed by atoms with Crippen LogP contribution in [0.1, 0.15) is 49.7 Å². The highest BCUT2D eigenvalue weighted by atomic mass is 16.2. The maximum absolute atomic E-state index is 12.7. The Morgan fingerprint density at radius 3 is 2.40 bits per heavy atom. The number of anilines is 1. The van der Waals surface area contributed by atoms with Crippen molar-refractivity contribution in [3.63, 3.8) is 0 Å². The predicted octanol–water partition coefficient (Wildman–Crippen LogP) is 2.89. The first-order chi connectivity index (χ1) is 11.9. The van der Waals surface area contributed by atoms with Gasteiger partial charge in [0, 0.05) is 18.7 Å². The van der Waals surface area contributed by atoms with Gasteiger partial charge in [-0.15, -0.1) is 0 Å². The maximum Gasteiger partial charge on any atom is 0.325 e. The molecule has 1 aromatic rings. The molecule has 6 heteroatoms. The van der Waals surface area contributed by atoms with E-state index < -0.39 is 5.54 Å². The van der Waals surface area contributed by atoms with Gasteiger partial charge in [-0.05, 0) is 49.9 Å². The van der Waals surface area contributed by atoms with Gasteiger partial charge >= 0.3 is 6.03 Å². The summed E-state index contributed by atoms with van der Waals surface area (Å²) >= 11 is 0. The molecule has 1 saturated heterocycles. The Morgan fingerprint density at radius 2 is 1.76 bits per heavy atom. The van der Waals surface area contributed by atoms with Crippen LogP contribution in [0, 0.1) is 13.8 Å². The van der Waals surface area contributed by atoms with Crippen LogP contribution in [-0.2, 0) is 9.59 Å². The lowest BCUT2D eigenvalue weighted by atomic mass is 9.82. The van der Waals surface area contributed by atoms with Gasteiger partial charge in [-0.25, -0.2) is 4.79 Å². The molecule has 0 atom stereocenters. The molecule has 25 heavy (non-hydrogen) atoms. The smallest absolute Gasteiger partial charge is 0.325 e. The first-order valence-electron chi connectivity index (χ1n) is 8.92. The molecule has 6 nitrogen and oxygen atoms in total. The molecule has 2 aliphatic rings. The topological polar surface area (TPSA) is 78.5 Å². The molecule has 4 amide bonds. The average Bonchev–Trinajstić information content (AvgIpc) is 2.75. The average molecular weight is 343 g/mol. The van der Waals surface area contributed by atoms with Crippen LogP contribution >= 0.6 is 0 Å². The summed E-state index contributed by atoms with van der Waals surface area (Å²) in [4.78, 5) is 38.2. The van der Waals surface area contributed by atoms with Gasteiger partial charge in [-0.2, -0.15) is 0 Å². The van der Waals surface area contributed by atoms with E-state index in [0.717, 1.165) is 36.1 Å². The minimum Gasteiger partial charge on any atom is -0.326 e. The molecule has 1 aliphatic carbocycles. The van der Waals surface area contributed by atoms with Crippen molar-refractivity contribution in [3.8, 4) is 0 Å². The second kappa shape index (κ2) is 6.86. The van der Waals surface area contributed by atoms with Crippen molar-refractivity contribution in [2.24, 2.45) is 0 Å². The lowest BCUT2D eigenvalue weighted by Crippen LogP contribution is -2.48. The lowest BCUT2D eigenvalue weighted by molar-refractivity contribution is -0.132. The van der Waals surface area contributed by atoms with Crippen LogP contribution in [0.5, 0.6) is 0 Å². The predicted molar refractivity (Wildman–Crippen MR) is 95.2 cm³/mol. The maximum atomic E-state index is 12.7. The molecular weight excluding hydrogens is 318 g/mol. The number of aryl methyl sites for hydroxylation is 2. The summed E-state index contributed by atoms with van der Waals surface area (Å²) in [7, 11) is 0. The molecule has 1 aromatic carbocycles. The minimum absolute atomic E-state index is 0.0994. The van der Waals surface area contributed by atoms with Gasteiger partial charge in [-0.1, -0.05) is 25.3 Å². The van der Waals surface area contributed by atoms with Crippen LogP contribution in [0.25, 0.3) is 0 Å². The first-order valence-corrected chi connectivity index (χ1v) is 8.92. The van der Waals surface area contributed by atoms with Crippen molar-refractivity contribution < 1.29 is 14.4 Å². The van der Waals surface area contributed by atoms with E-state index in [9.17, 15) is 14.4 Å². The summed E-state index contributed by atoms with van der Waals surface area (Å²) in [6, 6.07) is 5.46. The highest BCUT2D eigenvalue weighted by molar-refractivity contribution is 6.07. The number of urea groups is 1. The van der Waals surface area contributed by atoms with Gasteiger partial charge in [0.15, 0.2) is 0 Å². The van der Waals surface area contributed by atoms with E-state index in [-0.39, 0.29) is 30.8 Å². The lowest BCUT2D eigenvalue weighted by Gasteiger charge is -2.30. The van der Waals surface area contributed by atoms with E-state index in [0.29, 0.717) is 12.8 Å². The van der Waals surface area contributed by atoms with Crippen LogP contribution in [0.4, 0.5) is 10.5 Å². The fraction of sp³-hybridized carbons (Fsp3) is 0.526. The number of rotatable bonds is 4. The zero-order valence-corrected chi connectivity index (χ0v) is 14.9. The number of hydrogen-bond acceptors (Lipinski definition) is 3. The number of carbonyl (C=O) groups excluding carboxylic acids is 3. The summed E-state index contributed by atoms with van der Waals surface area (Å²) in [6.45, 7) is 4.06. The van der Waals surface area contributed by atoms with E-state index in [1.54, 1.807) is 0 Å². The van der Waals surface area contributed by atoms with Crippen LogP contribution in [-0.4, -0.2) is 34.8 Å². The SMILES string of the molecule is Cc1cc(C)cc(NC(=O)CCN2C(=O)NC3(CCCCC3)C2=O)c1. The molecule has 2 fully saturated rings. The fourth-order valence-corrected chi connectivity index (χ4v) is 3.86. The molecule has 1 heterocycles. The zero-order chi connectivity index (χ0) is 18.0. The minimum atomic E-state index is -0.723. The van der Waals surface area contributed by atoms with E-state index in [1.807, 2.05) is 32.0 Å². The summed E-state index contributed by atoms with van der Waals surface area (Å²) < 4.78 is 0. The molecule has 3 rings (SSSR count). The molecule has 1 spiro atoms. The van der Waals surface area contributed by atoms with Crippen LogP contribution in [0.3, 0.4) is 0 Å². The van der Waals surface area contributed by atoms with Crippen LogP contribution < -0.4 is 10.6 Å². The number of benzene rings is 1. The molecule has 1 aliphatic heterocycles. The van der Waals surface area contributed by atoms with E-state index >= 15 is 0 Å². The third-order valence-electron chi connectivity index (χ3n) is 5.02. The number of carbonyl (C=O) groups is 3. The summed E-state index contributed by atoms with van der Waals surface area (Å²) in [5, 5.41) is 5.70. The molecule has 1 saturated carbocycles. The van der Waals surface area contributed by atoms with Crippen molar-refractivity contribution in [2.75, 3.05) is 11.9 Å². The Balaban J connectivity index is 1.58. The van der Waals surface area contributed by atoms with Crippen LogP contribution in [0.15, 0.2) is 18.2 Å². The Kier molecular flexibility index (Phi) is 4.79. The van der Waals surface area contributed by atoms with E-state index in [4.69, 9.17) is 0 Å². The summed E-state index contributed by atoms with van der Waals surface area (Å²) in [6.07, 6.45) is 4.50. The summed E-state index contributed by atoms with van der Waals surface area (Å²) in [5.74, 6) is -0.369. The highest BCUT2D eigenvalue weighted by Gasteiger charge is 2.50. The molecule has 0 aromatic heterocycles. The largest absolute Gasteiger partial charge is 0.326 e. The number of nitrogens with zero attached hydrogens (tertiary/aromatic N) is 1. The Morgan fingerprint density at radius 1 is 1.12 bits per heavy atom. The standard InChI is InChI=1S/C19H25N3O3/c1-13-10-14(2)12-15(11-13)20-16(23)6-9-22-17(24)19(21-18(22)25)7-4-3-5-8-19/h10-12H,3-9H2,1-2H3,(H,20,23)(H,21,25). The van der Waals surface area contributed by atoms with Gasteiger partial charge in [0.25, 0.3) is 5.91 Å². The Hall–Kier alpha value is -2.37. The van der Waals surface area contributed by atoms with Crippen molar-refractivity contribution in [1.82, 2.24) is 10.2 Å². The van der Waals surface area contributed by atoms with Crippen molar-refractivity contribution >= 4 is 23.5 Å². The highest BCUT2D eigenvalue weighted by Crippen LogP contribution is 2.33. The second-order valence-corrected chi connectivity index (χ2v) is 7.20. The number of nitrogens with one attached hydrogen (secondary N) is 2. The second-order valence-electron chi connectivity index (χ2n) is 7.20. The van der Waals surface area contributed by atoms with Crippen LogP contribution in [0.2, 0.25) is 0 Å². The number of imide groups is 1. The third-order valence-corrected chi connectivity index (χ3v) is 5.02. The molecular formula is C19H25N3O3. The Labute approximate surface area is 148 Å². The van der Waals surface area contributed by atoms with Gasteiger partial charge in [0.1, 0.15) is 5.54 Å². The Bertz CT molecular complexity index is 688. The fourth-order valence-electron chi connectivity index (χ4n) is 3.86. The molecule has 0 radical (unpaired) electrons.